The van der Waals surface area contributed by atoms with Crippen LogP contribution in [-0.2, 0) is 0 Å². The molecule has 0 saturated carbocycles. The van der Waals surface area contributed by atoms with Gasteiger partial charge in [-0.2, -0.15) is 0 Å². The molecule has 0 amide bonds. The second-order valence-corrected chi connectivity index (χ2v) is 4.50. The molecule has 0 saturated heterocycles. The maximum atomic E-state index is 11.7. The standard InChI is InChI=1S/C11H9N3O2S/c1-16-8-4-2-7(3-5-8)10-12-13-11-14(10)9(15)6-17-11/h2-5H,6H2,1H3. The molecule has 0 atom stereocenters. The first-order chi connectivity index (χ1) is 8.29. The van der Waals surface area contributed by atoms with E-state index in [1.807, 2.05) is 24.3 Å². The van der Waals surface area contributed by atoms with Crippen molar-refractivity contribution >= 4 is 17.7 Å². The van der Waals surface area contributed by atoms with Crippen molar-refractivity contribution in [2.24, 2.45) is 0 Å². The van der Waals surface area contributed by atoms with Gasteiger partial charge in [-0.25, -0.2) is 4.57 Å². The van der Waals surface area contributed by atoms with Crippen molar-refractivity contribution in [2.45, 2.75) is 5.16 Å². The highest BCUT2D eigenvalue weighted by molar-refractivity contribution is 8.00. The first kappa shape index (κ1) is 10.3. The van der Waals surface area contributed by atoms with Gasteiger partial charge in [0.25, 0.3) is 0 Å². The van der Waals surface area contributed by atoms with Crippen molar-refractivity contribution in [1.82, 2.24) is 14.8 Å². The second kappa shape index (κ2) is 3.89. The highest BCUT2D eigenvalue weighted by atomic mass is 32.2. The summed E-state index contributed by atoms with van der Waals surface area (Å²) in [5.74, 6) is 1.84. The van der Waals surface area contributed by atoms with Gasteiger partial charge in [0, 0.05) is 5.56 Å². The third-order valence-electron chi connectivity index (χ3n) is 2.56. The first-order valence-corrected chi connectivity index (χ1v) is 6.04. The van der Waals surface area contributed by atoms with Crippen LogP contribution in [0.3, 0.4) is 0 Å². The van der Waals surface area contributed by atoms with E-state index in [0.29, 0.717) is 16.7 Å². The fraction of sp³-hybridized carbons (Fsp3) is 0.182. The maximum Gasteiger partial charge on any atom is 0.244 e. The number of ether oxygens (including phenoxy) is 1. The summed E-state index contributed by atoms with van der Waals surface area (Å²) in [5.41, 5.74) is 0.861. The number of fused-ring (bicyclic) bond motifs is 1. The smallest absolute Gasteiger partial charge is 0.244 e. The van der Waals surface area contributed by atoms with E-state index in [4.69, 9.17) is 4.74 Å². The molecule has 17 heavy (non-hydrogen) atoms. The highest BCUT2D eigenvalue weighted by Crippen LogP contribution is 2.29. The lowest BCUT2D eigenvalue weighted by Gasteiger charge is -2.03. The minimum atomic E-state index is 0.0285. The maximum absolute atomic E-state index is 11.7. The summed E-state index contributed by atoms with van der Waals surface area (Å²) in [4.78, 5) is 11.7. The molecule has 0 fully saturated rings. The van der Waals surface area contributed by atoms with Gasteiger partial charge in [-0.3, -0.25) is 4.79 Å². The fourth-order valence-electron chi connectivity index (χ4n) is 1.71. The first-order valence-electron chi connectivity index (χ1n) is 5.05. The van der Waals surface area contributed by atoms with Gasteiger partial charge in [-0.05, 0) is 24.3 Å². The number of nitrogens with zero attached hydrogens (tertiary/aromatic N) is 3. The monoisotopic (exact) mass is 247 g/mol. The molecule has 0 radical (unpaired) electrons. The SMILES string of the molecule is COc1ccc(-c2nnc3n2C(=O)CS3)cc1. The molecule has 6 heteroatoms. The Kier molecular flexibility index (Phi) is 2.36. The number of hydrogen-bond donors (Lipinski definition) is 0. The zero-order chi connectivity index (χ0) is 11.8. The van der Waals surface area contributed by atoms with Gasteiger partial charge in [-0.15, -0.1) is 10.2 Å². The predicted molar refractivity (Wildman–Crippen MR) is 63.4 cm³/mol. The summed E-state index contributed by atoms with van der Waals surface area (Å²) in [7, 11) is 1.62. The third kappa shape index (κ3) is 1.61. The van der Waals surface area contributed by atoms with Gasteiger partial charge >= 0.3 is 0 Å². The Bertz CT molecular complexity index is 577. The molecule has 0 unspecified atom stereocenters. The van der Waals surface area contributed by atoms with Crippen LogP contribution in [0.25, 0.3) is 11.4 Å². The summed E-state index contributed by atoms with van der Waals surface area (Å²) < 4.78 is 6.65. The van der Waals surface area contributed by atoms with Gasteiger partial charge in [0.05, 0.1) is 12.9 Å². The van der Waals surface area contributed by atoms with Crippen LogP contribution in [0.4, 0.5) is 0 Å². The van der Waals surface area contributed by atoms with Crippen molar-refractivity contribution in [3.8, 4) is 17.1 Å². The lowest BCUT2D eigenvalue weighted by atomic mass is 10.2. The van der Waals surface area contributed by atoms with E-state index < -0.39 is 0 Å². The Balaban J connectivity index is 2.07. The van der Waals surface area contributed by atoms with Crippen LogP contribution in [0.15, 0.2) is 29.4 Å². The number of hydrogen-bond acceptors (Lipinski definition) is 5. The van der Waals surface area contributed by atoms with Crippen LogP contribution in [-0.4, -0.2) is 33.5 Å². The molecule has 0 bridgehead atoms. The Morgan fingerprint density at radius 3 is 2.76 bits per heavy atom. The number of carbonyl (C=O) groups is 1. The third-order valence-corrected chi connectivity index (χ3v) is 3.47. The van der Waals surface area contributed by atoms with Crippen molar-refractivity contribution in [1.29, 1.82) is 0 Å². The molecule has 3 rings (SSSR count). The van der Waals surface area contributed by atoms with Gasteiger partial charge < -0.3 is 4.74 Å². The number of carbonyl (C=O) groups excluding carboxylic acids is 1. The van der Waals surface area contributed by atoms with E-state index >= 15 is 0 Å². The number of aromatic nitrogens is 3. The Morgan fingerprint density at radius 1 is 1.29 bits per heavy atom. The van der Waals surface area contributed by atoms with E-state index in [2.05, 4.69) is 10.2 Å². The average Bonchev–Trinajstić information content (AvgIpc) is 2.93. The van der Waals surface area contributed by atoms with Gasteiger partial charge in [0.2, 0.25) is 5.91 Å². The van der Waals surface area contributed by atoms with Crippen molar-refractivity contribution in [3.63, 3.8) is 0 Å². The average molecular weight is 247 g/mol. The molecular formula is C11H9N3O2S. The van der Waals surface area contributed by atoms with Gasteiger partial charge in [-0.1, -0.05) is 11.8 Å². The van der Waals surface area contributed by atoms with Crippen LogP contribution in [0.1, 0.15) is 4.79 Å². The fourth-order valence-corrected chi connectivity index (χ4v) is 2.50. The molecule has 86 valence electrons. The minimum Gasteiger partial charge on any atom is -0.497 e. The topological polar surface area (TPSA) is 57.0 Å². The predicted octanol–water partition coefficient (Wildman–Crippen LogP) is 1.70. The van der Waals surface area contributed by atoms with Crippen molar-refractivity contribution in [3.05, 3.63) is 24.3 Å². The van der Waals surface area contributed by atoms with E-state index in [1.165, 1.54) is 11.8 Å². The lowest BCUT2D eigenvalue weighted by molar-refractivity contribution is 0.0941. The zero-order valence-electron chi connectivity index (χ0n) is 9.08. The molecule has 1 aliphatic rings. The Morgan fingerprint density at radius 2 is 2.06 bits per heavy atom. The molecule has 0 N–H and O–H groups in total. The molecule has 1 aromatic carbocycles. The number of methoxy groups -OCH3 is 1. The number of rotatable bonds is 2. The quantitative estimate of drug-likeness (QED) is 0.808. The Hall–Kier alpha value is -1.82. The van der Waals surface area contributed by atoms with Crippen LogP contribution in [0.5, 0.6) is 5.75 Å². The van der Waals surface area contributed by atoms with Crippen molar-refractivity contribution < 1.29 is 9.53 Å². The summed E-state index contributed by atoms with van der Waals surface area (Å²) in [5, 5.41) is 8.70. The number of thioether (sulfide) groups is 1. The molecule has 0 aliphatic carbocycles. The van der Waals surface area contributed by atoms with Crippen LogP contribution in [0.2, 0.25) is 0 Å². The highest BCUT2D eigenvalue weighted by Gasteiger charge is 2.26. The zero-order valence-corrected chi connectivity index (χ0v) is 9.90. The summed E-state index contributed by atoms with van der Waals surface area (Å²) in [6, 6.07) is 7.41. The van der Waals surface area contributed by atoms with Gasteiger partial charge in [0.1, 0.15) is 5.75 Å². The molecule has 2 aromatic rings. The van der Waals surface area contributed by atoms with E-state index in [1.54, 1.807) is 11.7 Å². The molecular weight excluding hydrogens is 238 g/mol. The largest absolute Gasteiger partial charge is 0.497 e. The summed E-state index contributed by atoms with van der Waals surface area (Å²) in [6.07, 6.45) is 0. The summed E-state index contributed by atoms with van der Waals surface area (Å²) >= 11 is 1.41. The molecule has 5 nitrogen and oxygen atoms in total. The Labute approximate surface area is 102 Å². The molecule has 1 aromatic heterocycles. The number of benzene rings is 1. The van der Waals surface area contributed by atoms with E-state index in [0.717, 1.165) is 11.3 Å². The molecule has 0 spiro atoms. The summed E-state index contributed by atoms with van der Waals surface area (Å²) in [6.45, 7) is 0. The molecule has 1 aliphatic heterocycles. The van der Waals surface area contributed by atoms with Crippen LogP contribution >= 0.6 is 11.8 Å². The lowest BCUT2D eigenvalue weighted by Crippen LogP contribution is -2.08. The van der Waals surface area contributed by atoms with Crippen LogP contribution in [0, 0.1) is 0 Å². The van der Waals surface area contributed by atoms with E-state index in [-0.39, 0.29) is 5.91 Å². The second-order valence-electron chi connectivity index (χ2n) is 3.55. The van der Waals surface area contributed by atoms with Gasteiger partial charge in [0.15, 0.2) is 11.0 Å². The van der Waals surface area contributed by atoms with Crippen molar-refractivity contribution in [2.75, 3.05) is 12.9 Å². The van der Waals surface area contributed by atoms with E-state index in [9.17, 15) is 4.79 Å². The molecule has 2 heterocycles. The normalized spacial score (nSPS) is 13.8. The minimum absolute atomic E-state index is 0.0285. The van der Waals surface area contributed by atoms with Crippen LogP contribution < -0.4 is 4.74 Å².